The van der Waals surface area contributed by atoms with Crippen molar-refractivity contribution in [3.63, 3.8) is 0 Å². The van der Waals surface area contributed by atoms with Crippen molar-refractivity contribution < 1.29 is 19.5 Å². The van der Waals surface area contributed by atoms with Crippen molar-refractivity contribution in [3.05, 3.63) is 108 Å². The van der Waals surface area contributed by atoms with E-state index in [1.807, 2.05) is 30.3 Å². The van der Waals surface area contributed by atoms with Gasteiger partial charge in [0.25, 0.3) is 5.91 Å². The maximum atomic E-state index is 12.9. The third kappa shape index (κ3) is 5.25. The fraction of sp³-hybridized carbons (Fsp3) is 0. The van der Waals surface area contributed by atoms with Crippen LogP contribution in [0.25, 0.3) is 16.7 Å². The molecule has 8 nitrogen and oxygen atoms in total. The van der Waals surface area contributed by atoms with Gasteiger partial charge < -0.3 is 10.4 Å². The van der Waals surface area contributed by atoms with E-state index in [1.165, 1.54) is 0 Å². The molecule has 0 saturated heterocycles. The van der Waals surface area contributed by atoms with E-state index in [2.05, 4.69) is 21.2 Å². The molecule has 0 aliphatic heterocycles. The zero-order valence-electron chi connectivity index (χ0n) is 17.9. The largest absolute Gasteiger partial charge is 0.507 e. The van der Waals surface area contributed by atoms with Gasteiger partial charge in [0.05, 0.1) is 11.1 Å². The highest BCUT2D eigenvalue weighted by molar-refractivity contribution is 6.41. The number of aromatic nitrogens is 1. The van der Waals surface area contributed by atoms with Crippen LogP contribution < -0.4 is 16.2 Å². The number of ketones is 1. The van der Waals surface area contributed by atoms with E-state index in [4.69, 9.17) is 0 Å². The number of nitrogens with zero attached hydrogens (tertiary/aromatic N) is 1. The topological polar surface area (TPSA) is 120 Å². The number of para-hydroxylation sites is 2. The quantitative estimate of drug-likeness (QED) is 0.152. The van der Waals surface area contributed by atoms with Gasteiger partial charge in [-0.3, -0.25) is 25.2 Å². The number of benzene rings is 3. The van der Waals surface area contributed by atoms with Crippen LogP contribution in [-0.4, -0.2) is 27.7 Å². The van der Waals surface area contributed by atoms with Crippen LogP contribution in [0.15, 0.2) is 97.1 Å². The monoisotopic (exact) mass is 452 g/mol. The Morgan fingerprint density at radius 3 is 2.18 bits per heavy atom. The number of fused-ring (bicyclic) bond motifs is 1. The van der Waals surface area contributed by atoms with E-state index in [-0.39, 0.29) is 11.3 Å². The molecule has 4 N–H and O–H groups in total. The molecular weight excluding hydrogens is 432 g/mol. The minimum absolute atomic E-state index is 0.249. The third-order valence-corrected chi connectivity index (χ3v) is 4.86. The van der Waals surface area contributed by atoms with Crippen molar-refractivity contribution in [1.29, 1.82) is 0 Å². The summed E-state index contributed by atoms with van der Waals surface area (Å²) >= 11 is 0. The Labute approximate surface area is 194 Å². The Kier molecular flexibility index (Phi) is 6.60. The molecule has 0 radical (unpaired) electrons. The van der Waals surface area contributed by atoms with Gasteiger partial charge in [0.15, 0.2) is 0 Å². The highest BCUT2D eigenvalue weighted by atomic mass is 16.3. The normalized spacial score (nSPS) is 11.0. The molecule has 34 heavy (non-hydrogen) atoms. The number of rotatable bonds is 6. The molecule has 0 bridgehead atoms. The standard InChI is InChI=1S/C26H20N4O4/c31-22(17-9-3-1-4-10-17)16-23(32)26(34)30-29-25(33)20-15-24(27-18-11-5-2-6-12-18)28-21-14-8-7-13-19(20)21/h1-16,31H,(H,27,28)(H,29,33)(H,30,34). The lowest BCUT2D eigenvalue weighted by molar-refractivity contribution is -0.135. The molecular formula is C26H20N4O4. The van der Waals surface area contributed by atoms with Crippen molar-refractivity contribution >= 4 is 45.8 Å². The first-order valence-electron chi connectivity index (χ1n) is 10.3. The summed E-state index contributed by atoms with van der Waals surface area (Å²) in [6.07, 6.45) is 0.792. The van der Waals surface area contributed by atoms with Crippen molar-refractivity contribution in [1.82, 2.24) is 15.8 Å². The summed E-state index contributed by atoms with van der Waals surface area (Å²) in [5.41, 5.74) is 6.34. The van der Waals surface area contributed by atoms with E-state index in [0.29, 0.717) is 22.3 Å². The maximum Gasteiger partial charge on any atom is 0.310 e. The molecule has 0 fully saturated rings. The molecule has 1 heterocycles. The van der Waals surface area contributed by atoms with Gasteiger partial charge in [0.1, 0.15) is 11.6 Å². The van der Waals surface area contributed by atoms with Crippen LogP contribution in [-0.2, 0) is 9.59 Å². The number of amides is 2. The van der Waals surface area contributed by atoms with Gasteiger partial charge in [-0.15, -0.1) is 0 Å². The number of pyridine rings is 1. The first-order chi connectivity index (χ1) is 16.5. The number of carbonyl (C=O) groups is 3. The first-order valence-corrected chi connectivity index (χ1v) is 10.3. The Morgan fingerprint density at radius 2 is 1.44 bits per heavy atom. The number of hydrazine groups is 1. The number of anilines is 2. The number of nitrogens with one attached hydrogen (secondary N) is 3. The average molecular weight is 452 g/mol. The molecule has 0 spiro atoms. The fourth-order valence-corrected chi connectivity index (χ4v) is 3.22. The number of aliphatic hydroxyl groups is 1. The first kappa shape index (κ1) is 22.2. The van der Waals surface area contributed by atoms with Crippen LogP contribution in [0.4, 0.5) is 11.5 Å². The molecule has 0 unspecified atom stereocenters. The molecule has 3 aromatic carbocycles. The van der Waals surface area contributed by atoms with E-state index < -0.39 is 17.6 Å². The second-order valence-electron chi connectivity index (χ2n) is 7.23. The van der Waals surface area contributed by atoms with Gasteiger partial charge >= 0.3 is 5.91 Å². The zero-order valence-corrected chi connectivity index (χ0v) is 17.9. The molecule has 168 valence electrons. The molecule has 4 rings (SSSR count). The molecule has 4 aromatic rings. The smallest absolute Gasteiger partial charge is 0.310 e. The zero-order chi connectivity index (χ0) is 23.9. The number of hydrogen-bond acceptors (Lipinski definition) is 6. The van der Waals surface area contributed by atoms with Crippen LogP contribution in [0.5, 0.6) is 0 Å². The summed E-state index contributed by atoms with van der Waals surface area (Å²) in [5.74, 6) is -2.67. The second-order valence-corrected chi connectivity index (χ2v) is 7.23. The van der Waals surface area contributed by atoms with Gasteiger partial charge in [0.2, 0.25) is 5.78 Å². The lowest BCUT2D eigenvalue weighted by Gasteiger charge is -2.12. The molecule has 0 saturated carbocycles. The van der Waals surface area contributed by atoms with E-state index >= 15 is 0 Å². The summed E-state index contributed by atoms with van der Waals surface area (Å²) < 4.78 is 0. The SMILES string of the molecule is O=C(C=C(O)c1ccccc1)C(=O)NNC(=O)c1cc(Nc2ccccc2)nc2ccccc12. The van der Waals surface area contributed by atoms with Crippen LogP contribution in [0.3, 0.4) is 0 Å². The highest BCUT2D eigenvalue weighted by Crippen LogP contribution is 2.23. The lowest BCUT2D eigenvalue weighted by atomic mass is 10.1. The molecule has 0 aliphatic carbocycles. The number of carbonyl (C=O) groups excluding carboxylic acids is 3. The molecule has 2 amide bonds. The summed E-state index contributed by atoms with van der Waals surface area (Å²) in [7, 11) is 0. The van der Waals surface area contributed by atoms with Gasteiger partial charge in [-0.25, -0.2) is 4.98 Å². The van der Waals surface area contributed by atoms with Crippen molar-refractivity contribution in [2.75, 3.05) is 5.32 Å². The molecule has 1 aromatic heterocycles. The molecule has 0 aliphatic rings. The average Bonchev–Trinajstić information content (AvgIpc) is 2.87. The summed E-state index contributed by atoms with van der Waals surface area (Å²) in [4.78, 5) is 41.7. The minimum atomic E-state index is -1.10. The third-order valence-electron chi connectivity index (χ3n) is 4.86. The Balaban J connectivity index is 1.50. The van der Waals surface area contributed by atoms with Gasteiger partial charge in [-0.2, -0.15) is 0 Å². The van der Waals surface area contributed by atoms with Crippen molar-refractivity contribution in [2.24, 2.45) is 0 Å². The highest BCUT2D eigenvalue weighted by Gasteiger charge is 2.17. The second kappa shape index (κ2) is 10.1. The van der Waals surface area contributed by atoms with E-state index in [1.54, 1.807) is 60.7 Å². The summed E-state index contributed by atoms with van der Waals surface area (Å²) in [6, 6.07) is 26.3. The predicted octanol–water partition coefficient (Wildman–Crippen LogP) is 3.91. The number of hydrogen-bond donors (Lipinski definition) is 4. The van der Waals surface area contributed by atoms with Gasteiger partial charge in [-0.1, -0.05) is 66.7 Å². The predicted molar refractivity (Wildman–Crippen MR) is 129 cm³/mol. The van der Waals surface area contributed by atoms with Gasteiger partial charge in [-0.05, 0) is 24.3 Å². The summed E-state index contributed by atoms with van der Waals surface area (Å²) in [5, 5.41) is 13.7. The Hall–Kier alpha value is -4.98. The van der Waals surface area contributed by atoms with Gasteiger partial charge in [0, 0.05) is 22.7 Å². The molecule has 8 heteroatoms. The van der Waals surface area contributed by atoms with Crippen LogP contribution in [0, 0.1) is 0 Å². The lowest BCUT2D eigenvalue weighted by Crippen LogP contribution is -2.44. The van der Waals surface area contributed by atoms with Crippen LogP contribution >= 0.6 is 0 Å². The summed E-state index contributed by atoms with van der Waals surface area (Å²) in [6.45, 7) is 0. The Bertz CT molecular complexity index is 1390. The van der Waals surface area contributed by atoms with Crippen LogP contribution in [0.1, 0.15) is 15.9 Å². The molecule has 0 atom stereocenters. The van der Waals surface area contributed by atoms with E-state index in [9.17, 15) is 19.5 Å². The van der Waals surface area contributed by atoms with E-state index in [0.717, 1.165) is 11.8 Å². The fourth-order valence-electron chi connectivity index (χ4n) is 3.22. The van der Waals surface area contributed by atoms with Crippen molar-refractivity contribution in [2.45, 2.75) is 0 Å². The van der Waals surface area contributed by atoms with Crippen LogP contribution in [0.2, 0.25) is 0 Å². The maximum absolute atomic E-state index is 12.9. The minimum Gasteiger partial charge on any atom is -0.507 e. The van der Waals surface area contributed by atoms with Crippen molar-refractivity contribution in [3.8, 4) is 0 Å². The number of aliphatic hydroxyl groups excluding tert-OH is 1. The Morgan fingerprint density at radius 1 is 0.794 bits per heavy atom.